The van der Waals surface area contributed by atoms with E-state index in [4.69, 9.17) is 14.2 Å². The molecule has 0 aliphatic carbocycles. The van der Waals surface area contributed by atoms with Gasteiger partial charge < -0.3 is 14.2 Å². The Morgan fingerprint density at radius 2 is 1.79 bits per heavy atom. The maximum atomic E-state index is 11.4. The lowest BCUT2D eigenvalue weighted by Crippen LogP contribution is -2.03. The molecule has 0 aliphatic rings. The molecule has 0 heterocycles. The molecule has 0 amide bonds. The lowest BCUT2D eigenvalue weighted by Gasteiger charge is -2.13. The highest BCUT2D eigenvalue weighted by molar-refractivity contribution is 5.97. The first kappa shape index (κ1) is 17.3. The molecular formula is C17H17NO6. The molecule has 0 radical (unpaired) electrons. The lowest BCUT2D eigenvalue weighted by atomic mass is 10.0. The number of esters is 1. The molecule has 2 rings (SSSR count). The van der Waals surface area contributed by atoms with E-state index in [-0.39, 0.29) is 11.4 Å². The van der Waals surface area contributed by atoms with Gasteiger partial charge >= 0.3 is 5.97 Å². The summed E-state index contributed by atoms with van der Waals surface area (Å²) < 4.78 is 15.9. The van der Waals surface area contributed by atoms with Gasteiger partial charge in [-0.05, 0) is 29.1 Å². The predicted octanol–water partition coefficient (Wildman–Crippen LogP) is 3.42. The second-order valence-electron chi connectivity index (χ2n) is 5.08. The van der Waals surface area contributed by atoms with Crippen LogP contribution < -0.4 is 14.2 Å². The molecule has 0 bridgehead atoms. The Morgan fingerprint density at radius 3 is 2.33 bits per heavy atom. The molecule has 126 valence electrons. The number of nitrogens with zero attached hydrogens (tertiary/aromatic N) is 1. The highest BCUT2D eigenvalue weighted by atomic mass is 16.6. The van der Waals surface area contributed by atoms with Crippen LogP contribution in [-0.2, 0) is 4.79 Å². The van der Waals surface area contributed by atoms with E-state index in [1.165, 1.54) is 34.1 Å². The van der Waals surface area contributed by atoms with Crippen LogP contribution in [0, 0.1) is 10.1 Å². The number of rotatable bonds is 5. The molecule has 0 spiro atoms. The summed E-state index contributed by atoms with van der Waals surface area (Å²) in [6.07, 6.45) is 1.40. The zero-order valence-electron chi connectivity index (χ0n) is 13.8. The van der Waals surface area contributed by atoms with Gasteiger partial charge in [-0.25, -0.2) is 0 Å². The Bertz CT molecular complexity index is 841. The summed E-state index contributed by atoms with van der Waals surface area (Å²) in [6.45, 7) is 2.68. The first-order chi connectivity index (χ1) is 11.3. The van der Waals surface area contributed by atoms with Crippen LogP contribution in [0.5, 0.6) is 17.2 Å². The number of carbonyl (C=O) groups is 1. The largest absolute Gasteiger partial charge is 0.497 e. The van der Waals surface area contributed by atoms with Crippen LogP contribution in [0.1, 0.15) is 19.4 Å². The van der Waals surface area contributed by atoms with Crippen molar-refractivity contribution >= 4 is 22.8 Å². The van der Waals surface area contributed by atoms with Gasteiger partial charge in [0, 0.05) is 26.0 Å². The Hall–Kier alpha value is -3.09. The summed E-state index contributed by atoms with van der Waals surface area (Å²) in [7, 11) is 3.02. The van der Waals surface area contributed by atoms with Gasteiger partial charge in [-0.1, -0.05) is 0 Å². The van der Waals surface area contributed by atoms with Gasteiger partial charge in [-0.15, -0.1) is 0 Å². The number of nitro groups is 1. The van der Waals surface area contributed by atoms with Crippen molar-refractivity contribution in [2.45, 2.75) is 13.8 Å². The molecule has 0 atom stereocenters. The van der Waals surface area contributed by atoms with Crippen molar-refractivity contribution in [3.05, 3.63) is 45.6 Å². The van der Waals surface area contributed by atoms with Crippen LogP contribution in [0.25, 0.3) is 16.8 Å². The van der Waals surface area contributed by atoms with E-state index in [2.05, 4.69) is 0 Å². The van der Waals surface area contributed by atoms with Crippen LogP contribution in [0.2, 0.25) is 0 Å². The van der Waals surface area contributed by atoms with Crippen LogP contribution >= 0.6 is 0 Å². The zero-order valence-corrected chi connectivity index (χ0v) is 13.8. The van der Waals surface area contributed by atoms with Gasteiger partial charge in [0.2, 0.25) is 5.70 Å². The molecule has 0 fully saturated rings. The fourth-order valence-corrected chi connectivity index (χ4v) is 2.32. The van der Waals surface area contributed by atoms with Gasteiger partial charge in [0.25, 0.3) is 0 Å². The number of carbonyl (C=O) groups excluding carboxylic acids is 1. The maximum Gasteiger partial charge on any atom is 0.308 e. The van der Waals surface area contributed by atoms with Crippen molar-refractivity contribution in [1.29, 1.82) is 0 Å². The minimum absolute atomic E-state index is 0.0296. The van der Waals surface area contributed by atoms with E-state index >= 15 is 0 Å². The summed E-state index contributed by atoms with van der Waals surface area (Å²) in [5, 5.41) is 12.1. The van der Waals surface area contributed by atoms with Crippen molar-refractivity contribution in [2.75, 3.05) is 14.2 Å². The standard InChI is InChI=1S/C17H17NO6/c1-10(18(20)21)5-12-6-13-8-14(22-3)9-15(23-4)17(13)16(7-12)24-11(2)19/h5-9H,1-4H3/b10-5-. The average molecular weight is 331 g/mol. The predicted molar refractivity (Wildman–Crippen MR) is 89.0 cm³/mol. The SMILES string of the molecule is COc1cc(OC)c2c(OC(C)=O)cc(/C=C(/C)[N+](=O)[O-])cc2c1. The van der Waals surface area contributed by atoms with Crippen molar-refractivity contribution in [2.24, 2.45) is 0 Å². The molecule has 0 aliphatic heterocycles. The summed E-state index contributed by atoms with van der Waals surface area (Å²) >= 11 is 0. The number of methoxy groups -OCH3 is 2. The third-order valence-electron chi connectivity index (χ3n) is 3.35. The first-order valence-corrected chi connectivity index (χ1v) is 7.06. The van der Waals surface area contributed by atoms with Gasteiger partial charge in [0.15, 0.2) is 0 Å². The highest BCUT2D eigenvalue weighted by Gasteiger charge is 2.15. The lowest BCUT2D eigenvalue weighted by molar-refractivity contribution is -0.422. The Morgan fingerprint density at radius 1 is 1.08 bits per heavy atom. The van der Waals surface area contributed by atoms with Crippen LogP contribution in [0.4, 0.5) is 0 Å². The normalized spacial score (nSPS) is 11.2. The van der Waals surface area contributed by atoms with E-state index in [0.717, 1.165) is 0 Å². The molecule has 2 aromatic carbocycles. The van der Waals surface area contributed by atoms with Crippen molar-refractivity contribution < 1.29 is 23.9 Å². The second kappa shape index (κ2) is 6.99. The number of fused-ring (bicyclic) bond motifs is 1. The zero-order chi connectivity index (χ0) is 17.9. The van der Waals surface area contributed by atoms with Gasteiger partial charge in [0.1, 0.15) is 17.2 Å². The Labute approximate surface area is 138 Å². The molecule has 2 aromatic rings. The number of hydrogen-bond acceptors (Lipinski definition) is 6. The molecule has 0 aromatic heterocycles. The quantitative estimate of drug-likeness (QED) is 0.361. The first-order valence-electron chi connectivity index (χ1n) is 7.06. The Balaban J connectivity index is 2.78. The van der Waals surface area contributed by atoms with Crippen molar-refractivity contribution in [3.63, 3.8) is 0 Å². The van der Waals surface area contributed by atoms with Crippen LogP contribution in [-0.4, -0.2) is 25.1 Å². The topological polar surface area (TPSA) is 87.9 Å². The van der Waals surface area contributed by atoms with Crippen LogP contribution in [0.3, 0.4) is 0 Å². The molecular weight excluding hydrogens is 314 g/mol. The number of allylic oxidation sites excluding steroid dienone is 1. The molecule has 7 nitrogen and oxygen atoms in total. The van der Waals surface area contributed by atoms with E-state index in [0.29, 0.717) is 27.8 Å². The number of ether oxygens (including phenoxy) is 3. The summed E-state index contributed by atoms with van der Waals surface area (Å²) in [4.78, 5) is 21.8. The van der Waals surface area contributed by atoms with Gasteiger partial charge in [-0.2, -0.15) is 0 Å². The second-order valence-corrected chi connectivity index (χ2v) is 5.08. The maximum absolute atomic E-state index is 11.4. The third-order valence-corrected chi connectivity index (χ3v) is 3.35. The fraction of sp³-hybridized carbons (Fsp3) is 0.235. The van der Waals surface area contributed by atoms with E-state index < -0.39 is 10.9 Å². The minimum atomic E-state index is -0.499. The summed E-state index contributed by atoms with van der Waals surface area (Å²) in [5.41, 5.74) is 0.501. The van der Waals surface area contributed by atoms with Gasteiger partial charge in [0.05, 0.1) is 24.5 Å². The summed E-state index contributed by atoms with van der Waals surface area (Å²) in [5.74, 6) is 0.797. The minimum Gasteiger partial charge on any atom is -0.497 e. The summed E-state index contributed by atoms with van der Waals surface area (Å²) in [6, 6.07) is 6.71. The smallest absolute Gasteiger partial charge is 0.308 e. The number of benzene rings is 2. The Kier molecular flexibility index (Phi) is 5.03. The van der Waals surface area contributed by atoms with Crippen molar-refractivity contribution in [1.82, 2.24) is 0 Å². The number of hydrogen-bond donors (Lipinski definition) is 0. The average Bonchev–Trinajstić information content (AvgIpc) is 2.52. The fourth-order valence-electron chi connectivity index (χ4n) is 2.32. The molecule has 7 heteroatoms. The highest BCUT2D eigenvalue weighted by Crippen LogP contribution is 2.39. The third kappa shape index (κ3) is 3.62. The molecule has 0 saturated carbocycles. The molecule has 0 N–H and O–H groups in total. The molecule has 0 unspecified atom stereocenters. The van der Waals surface area contributed by atoms with Crippen LogP contribution in [0.15, 0.2) is 30.0 Å². The van der Waals surface area contributed by atoms with E-state index in [1.807, 2.05) is 0 Å². The molecule has 0 saturated heterocycles. The van der Waals surface area contributed by atoms with E-state index in [1.54, 1.807) is 24.3 Å². The molecule has 24 heavy (non-hydrogen) atoms. The monoisotopic (exact) mass is 331 g/mol. The van der Waals surface area contributed by atoms with E-state index in [9.17, 15) is 14.9 Å². The van der Waals surface area contributed by atoms with Gasteiger partial charge in [-0.3, -0.25) is 14.9 Å². The van der Waals surface area contributed by atoms with Crippen molar-refractivity contribution in [3.8, 4) is 17.2 Å².